The van der Waals surface area contributed by atoms with Gasteiger partial charge in [0.15, 0.2) is 0 Å². The fourth-order valence-corrected chi connectivity index (χ4v) is 4.99. The van der Waals surface area contributed by atoms with Gasteiger partial charge in [0.1, 0.15) is 5.76 Å². The van der Waals surface area contributed by atoms with Crippen LogP contribution >= 0.6 is 0 Å². The van der Waals surface area contributed by atoms with E-state index in [9.17, 15) is 13.2 Å². The molecule has 1 fully saturated rings. The van der Waals surface area contributed by atoms with Gasteiger partial charge in [-0.25, -0.2) is 13.1 Å². The molecule has 1 aliphatic rings. The van der Waals surface area contributed by atoms with E-state index in [1.54, 1.807) is 24.3 Å². The predicted octanol–water partition coefficient (Wildman–Crippen LogP) is 2.83. The van der Waals surface area contributed by atoms with Crippen LogP contribution in [0.1, 0.15) is 33.5 Å². The molecule has 2 heterocycles. The molecule has 0 radical (unpaired) electrons. The van der Waals surface area contributed by atoms with Crippen molar-refractivity contribution in [3.63, 3.8) is 0 Å². The number of morpholine rings is 1. The molecule has 1 amide bonds. The lowest BCUT2D eigenvalue weighted by Gasteiger charge is -2.41. The van der Waals surface area contributed by atoms with Crippen LogP contribution in [-0.4, -0.2) is 50.6 Å². The van der Waals surface area contributed by atoms with Crippen molar-refractivity contribution < 1.29 is 22.4 Å². The van der Waals surface area contributed by atoms with Gasteiger partial charge in [0.2, 0.25) is 15.9 Å². The second-order valence-corrected chi connectivity index (χ2v) is 10.1. The molecule has 0 bridgehead atoms. The summed E-state index contributed by atoms with van der Waals surface area (Å²) in [5.41, 5.74) is 0.436. The van der Waals surface area contributed by atoms with Gasteiger partial charge in [0.05, 0.1) is 36.0 Å². The van der Waals surface area contributed by atoms with E-state index >= 15 is 0 Å². The molecule has 1 aromatic heterocycles. The van der Waals surface area contributed by atoms with Gasteiger partial charge >= 0.3 is 0 Å². The molecule has 0 saturated carbocycles. The standard InChI is InChI=1S/C22H31N3O5S/c1-15(2)21(25-13-16(3)30-17(4)14-25)22(26)24-18-7-5-9-20(11-18)31(27,28)23-12-19-8-6-10-29-19/h5-11,15-17,21,23H,12-14H2,1-4H3,(H,24,26). The van der Waals surface area contributed by atoms with E-state index in [2.05, 4.69) is 14.9 Å². The number of benzene rings is 1. The molecule has 2 aromatic rings. The molecule has 8 nitrogen and oxygen atoms in total. The van der Waals surface area contributed by atoms with Crippen molar-refractivity contribution in [3.8, 4) is 0 Å². The number of nitrogens with zero attached hydrogens (tertiary/aromatic N) is 1. The van der Waals surface area contributed by atoms with E-state index in [1.165, 1.54) is 18.4 Å². The van der Waals surface area contributed by atoms with E-state index in [-0.39, 0.29) is 41.5 Å². The van der Waals surface area contributed by atoms with Crippen molar-refractivity contribution >= 4 is 21.6 Å². The zero-order valence-corrected chi connectivity index (χ0v) is 19.2. The average molecular weight is 450 g/mol. The third kappa shape index (κ3) is 6.16. The van der Waals surface area contributed by atoms with E-state index in [1.807, 2.05) is 27.7 Å². The molecule has 2 N–H and O–H groups in total. The maximum Gasteiger partial charge on any atom is 0.241 e. The van der Waals surface area contributed by atoms with E-state index < -0.39 is 10.0 Å². The highest BCUT2D eigenvalue weighted by Crippen LogP contribution is 2.21. The van der Waals surface area contributed by atoms with Crippen LogP contribution < -0.4 is 10.0 Å². The summed E-state index contributed by atoms with van der Waals surface area (Å²) >= 11 is 0. The average Bonchev–Trinajstić information content (AvgIpc) is 3.19. The third-order valence-corrected chi connectivity index (χ3v) is 6.57. The van der Waals surface area contributed by atoms with E-state index in [0.717, 1.165) is 0 Å². The number of hydrogen-bond donors (Lipinski definition) is 2. The summed E-state index contributed by atoms with van der Waals surface area (Å²) in [7, 11) is -3.75. The Balaban J connectivity index is 1.71. The van der Waals surface area contributed by atoms with Crippen LogP contribution in [0.15, 0.2) is 52.0 Å². The number of sulfonamides is 1. The Morgan fingerprint density at radius 3 is 2.48 bits per heavy atom. The largest absolute Gasteiger partial charge is 0.468 e. The highest BCUT2D eigenvalue weighted by molar-refractivity contribution is 7.89. The normalized spacial score (nSPS) is 21.2. The molecule has 0 aliphatic carbocycles. The van der Waals surface area contributed by atoms with Crippen molar-refractivity contribution in [3.05, 3.63) is 48.4 Å². The van der Waals surface area contributed by atoms with Gasteiger partial charge in [0.25, 0.3) is 0 Å². The maximum absolute atomic E-state index is 13.1. The molecular weight excluding hydrogens is 418 g/mol. The third-order valence-electron chi connectivity index (χ3n) is 5.17. The first kappa shape index (κ1) is 23.5. The molecular formula is C22H31N3O5S. The lowest BCUT2D eigenvalue weighted by atomic mass is 9.99. The smallest absolute Gasteiger partial charge is 0.241 e. The second kappa shape index (κ2) is 9.95. The Hall–Kier alpha value is -2.20. The number of nitrogens with one attached hydrogen (secondary N) is 2. The Morgan fingerprint density at radius 1 is 1.16 bits per heavy atom. The lowest BCUT2D eigenvalue weighted by Crippen LogP contribution is -2.55. The number of hydrogen-bond acceptors (Lipinski definition) is 6. The summed E-state index contributed by atoms with van der Waals surface area (Å²) in [5.74, 6) is 0.440. The number of anilines is 1. The highest BCUT2D eigenvalue weighted by Gasteiger charge is 2.34. The van der Waals surface area contributed by atoms with Gasteiger partial charge in [-0.1, -0.05) is 19.9 Å². The lowest BCUT2D eigenvalue weighted by molar-refractivity contribution is -0.130. The fraction of sp³-hybridized carbons (Fsp3) is 0.500. The topological polar surface area (TPSA) is 101 Å². The molecule has 170 valence electrons. The van der Waals surface area contributed by atoms with Crippen molar-refractivity contribution in [1.29, 1.82) is 0 Å². The first-order valence-electron chi connectivity index (χ1n) is 10.5. The van der Waals surface area contributed by atoms with Crippen molar-refractivity contribution in [2.75, 3.05) is 18.4 Å². The van der Waals surface area contributed by atoms with Gasteiger partial charge in [-0.05, 0) is 50.1 Å². The molecule has 1 saturated heterocycles. The summed E-state index contributed by atoms with van der Waals surface area (Å²) < 4.78 is 38.7. The maximum atomic E-state index is 13.1. The summed E-state index contributed by atoms with van der Waals surface area (Å²) in [5, 5.41) is 2.90. The fourth-order valence-electron chi connectivity index (χ4n) is 3.95. The molecule has 31 heavy (non-hydrogen) atoms. The summed E-state index contributed by atoms with van der Waals surface area (Å²) in [6, 6.07) is 9.30. The molecule has 3 unspecified atom stereocenters. The van der Waals surface area contributed by atoms with Crippen LogP contribution in [0.25, 0.3) is 0 Å². The predicted molar refractivity (Wildman–Crippen MR) is 118 cm³/mol. The van der Waals surface area contributed by atoms with Gasteiger partial charge in [-0.15, -0.1) is 0 Å². The van der Waals surface area contributed by atoms with Gasteiger partial charge in [0, 0.05) is 18.8 Å². The van der Waals surface area contributed by atoms with Crippen molar-refractivity contribution in [2.45, 2.75) is 57.4 Å². The van der Waals surface area contributed by atoms with Crippen LogP contribution in [0.4, 0.5) is 5.69 Å². The molecule has 3 rings (SSSR count). The zero-order valence-electron chi connectivity index (χ0n) is 18.4. The molecule has 9 heteroatoms. The summed E-state index contributed by atoms with van der Waals surface area (Å²) in [4.78, 5) is 15.4. The van der Waals surface area contributed by atoms with Gasteiger partial charge in [-0.2, -0.15) is 0 Å². The highest BCUT2D eigenvalue weighted by atomic mass is 32.2. The van der Waals surface area contributed by atoms with Crippen molar-refractivity contribution in [1.82, 2.24) is 9.62 Å². The number of carbonyl (C=O) groups is 1. The SMILES string of the molecule is CC1CN(C(C(=O)Nc2cccc(S(=O)(=O)NCc3ccco3)c2)C(C)C)CC(C)O1. The molecule has 3 atom stereocenters. The monoisotopic (exact) mass is 449 g/mol. The van der Waals surface area contributed by atoms with Crippen LogP contribution in [0.5, 0.6) is 0 Å². The molecule has 1 aliphatic heterocycles. The minimum absolute atomic E-state index is 0.0477. The Morgan fingerprint density at radius 2 is 1.87 bits per heavy atom. The Bertz CT molecular complexity index is 965. The Labute approximate surface area is 184 Å². The van der Waals surface area contributed by atoms with Gasteiger partial charge < -0.3 is 14.5 Å². The number of ether oxygens (including phenoxy) is 1. The Kier molecular flexibility index (Phi) is 7.53. The number of furan rings is 1. The van der Waals surface area contributed by atoms with Crippen LogP contribution in [0.2, 0.25) is 0 Å². The number of amides is 1. The number of rotatable bonds is 8. The summed E-state index contributed by atoms with van der Waals surface area (Å²) in [6.07, 6.45) is 1.58. The summed E-state index contributed by atoms with van der Waals surface area (Å²) in [6.45, 7) is 9.42. The van der Waals surface area contributed by atoms with Gasteiger partial charge in [-0.3, -0.25) is 9.69 Å². The minimum atomic E-state index is -3.75. The second-order valence-electron chi connectivity index (χ2n) is 8.32. The van der Waals surface area contributed by atoms with Crippen LogP contribution in [0.3, 0.4) is 0 Å². The number of carbonyl (C=O) groups excluding carboxylic acids is 1. The quantitative estimate of drug-likeness (QED) is 0.643. The van der Waals surface area contributed by atoms with E-state index in [0.29, 0.717) is 24.5 Å². The zero-order chi connectivity index (χ0) is 22.6. The first-order valence-corrected chi connectivity index (χ1v) is 12.0. The van der Waals surface area contributed by atoms with E-state index in [4.69, 9.17) is 9.15 Å². The molecule has 0 spiro atoms. The van der Waals surface area contributed by atoms with Crippen LogP contribution in [-0.2, 0) is 26.1 Å². The minimum Gasteiger partial charge on any atom is -0.468 e. The molecule has 1 aromatic carbocycles. The van der Waals surface area contributed by atoms with Crippen LogP contribution in [0, 0.1) is 5.92 Å². The first-order chi connectivity index (χ1) is 14.7. The van der Waals surface area contributed by atoms with Crippen molar-refractivity contribution in [2.24, 2.45) is 5.92 Å².